The molecule has 1 heterocycles. The Labute approximate surface area is 166 Å². The fourth-order valence-corrected chi connectivity index (χ4v) is 2.99. The molecule has 3 rings (SSSR count). The lowest BCUT2D eigenvalue weighted by Crippen LogP contribution is -2.23. The SMILES string of the molecule is COc1ccc(-c2ocnc2C(=O)NCc2ccc(Cl)cc2Cl)cc1OC. The molecule has 0 bridgehead atoms. The Hall–Kier alpha value is -2.70. The van der Waals surface area contributed by atoms with Gasteiger partial charge in [-0.1, -0.05) is 29.3 Å². The molecule has 0 atom stereocenters. The van der Waals surface area contributed by atoms with Gasteiger partial charge < -0.3 is 19.2 Å². The van der Waals surface area contributed by atoms with Gasteiger partial charge in [-0.25, -0.2) is 4.98 Å². The lowest BCUT2D eigenvalue weighted by molar-refractivity contribution is 0.0947. The molecule has 0 aliphatic carbocycles. The number of halogens is 2. The molecule has 0 aliphatic rings. The van der Waals surface area contributed by atoms with Crippen LogP contribution in [0.15, 0.2) is 47.2 Å². The van der Waals surface area contributed by atoms with Crippen molar-refractivity contribution in [1.82, 2.24) is 10.3 Å². The van der Waals surface area contributed by atoms with Gasteiger partial charge in [-0.3, -0.25) is 4.79 Å². The van der Waals surface area contributed by atoms with Crippen LogP contribution >= 0.6 is 23.2 Å². The monoisotopic (exact) mass is 406 g/mol. The van der Waals surface area contributed by atoms with Gasteiger partial charge in [-0.15, -0.1) is 0 Å². The van der Waals surface area contributed by atoms with Gasteiger partial charge in [0.05, 0.1) is 14.2 Å². The van der Waals surface area contributed by atoms with E-state index in [0.717, 1.165) is 5.56 Å². The van der Waals surface area contributed by atoms with Crippen LogP contribution in [0.2, 0.25) is 10.0 Å². The van der Waals surface area contributed by atoms with Crippen molar-refractivity contribution in [1.29, 1.82) is 0 Å². The van der Waals surface area contributed by atoms with Crippen molar-refractivity contribution in [2.24, 2.45) is 0 Å². The molecule has 3 aromatic rings. The first-order valence-electron chi connectivity index (χ1n) is 7.91. The van der Waals surface area contributed by atoms with E-state index in [0.29, 0.717) is 32.9 Å². The molecule has 8 heteroatoms. The summed E-state index contributed by atoms with van der Waals surface area (Å²) in [5, 5.41) is 3.78. The fourth-order valence-electron chi connectivity index (χ4n) is 2.51. The predicted molar refractivity (Wildman–Crippen MR) is 103 cm³/mol. The number of benzene rings is 2. The summed E-state index contributed by atoms with van der Waals surface area (Å²) in [7, 11) is 3.08. The second kappa shape index (κ2) is 8.33. The minimum atomic E-state index is -0.389. The van der Waals surface area contributed by atoms with E-state index in [-0.39, 0.29) is 18.1 Å². The van der Waals surface area contributed by atoms with Gasteiger partial charge in [0, 0.05) is 22.2 Å². The Morgan fingerprint density at radius 1 is 1.11 bits per heavy atom. The number of aromatic nitrogens is 1. The first kappa shape index (κ1) is 19.1. The minimum absolute atomic E-state index is 0.160. The number of amides is 1. The summed E-state index contributed by atoms with van der Waals surface area (Å²) in [4.78, 5) is 16.6. The third-order valence-corrected chi connectivity index (χ3v) is 4.47. The van der Waals surface area contributed by atoms with Crippen LogP contribution in [0.3, 0.4) is 0 Å². The second-order valence-corrected chi connectivity index (χ2v) is 6.36. The average Bonchev–Trinajstić information content (AvgIpc) is 3.16. The normalized spacial score (nSPS) is 10.5. The molecule has 1 aromatic heterocycles. The van der Waals surface area contributed by atoms with Gasteiger partial charge in [0.25, 0.3) is 5.91 Å². The van der Waals surface area contributed by atoms with Gasteiger partial charge >= 0.3 is 0 Å². The number of carbonyl (C=O) groups excluding carboxylic acids is 1. The summed E-state index contributed by atoms with van der Waals surface area (Å²) in [6.45, 7) is 0.229. The molecule has 0 unspecified atom stereocenters. The molecular weight excluding hydrogens is 391 g/mol. The summed E-state index contributed by atoms with van der Waals surface area (Å²) >= 11 is 12.0. The number of nitrogens with one attached hydrogen (secondary N) is 1. The van der Waals surface area contributed by atoms with E-state index in [2.05, 4.69) is 10.3 Å². The Balaban J connectivity index is 1.81. The number of methoxy groups -OCH3 is 2. The van der Waals surface area contributed by atoms with Crippen LogP contribution in [-0.4, -0.2) is 25.1 Å². The van der Waals surface area contributed by atoms with Crippen molar-refractivity contribution in [2.75, 3.05) is 14.2 Å². The van der Waals surface area contributed by atoms with Gasteiger partial charge in [-0.05, 0) is 35.9 Å². The number of ether oxygens (including phenoxy) is 2. The van der Waals surface area contributed by atoms with Crippen molar-refractivity contribution >= 4 is 29.1 Å². The smallest absolute Gasteiger partial charge is 0.274 e. The van der Waals surface area contributed by atoms with Gasteiger partial charge in [0.1, 0.15) is 0 Å². The van der Waals surface area contributed by atoms with Crippen LogP contribution in [0.25, 0.3) is 11.3 Å². The van der Waals surface area contributed by atoms with Crippen LogP contribution < -0.4 is 14.8 Å². The van der Waals surface area contributed by atoms with Crippen LogP contribution in [0, 0.1) is 0 Å². The van der Waals surface area contributed by atoms with E-state index in [9.17, 15) is 4.79 Å². The number of carbonyl (C=O) groups is 1. The number of hydrogen-bond acceptors (Lipinski definition) is 5. The molecule has 1 amide bonds. The van der Waals surface area contributed by atoms with Gasteiger partial charge in [-0.2, -0.15) is 0 Å². The highest BCUT2D eigenvalue weighted by Gasteiger charge is 2.20. The van der Waals surface area contributed by atoms with Gasteiger partial charge in [0.2, 0.25) is 0 Å². The lowest BCUT2D eigenvalue weighted by Gasteiger charge is -2.09. The summed E-state index contributed by atoms with van der Waals surface area (Å²) in [5.41, 5.74) is 1.54. The molecule has 6 nitrogen and oxygen atoms in total. The maximum absolute atomic E-state index is 12.6. The standard InChI is InChI=1S/C19H16Cl2N2O4/c1-25-15-6-4-11(7-16(15)26-2)18-17(23-10-27-18)19(24)22-9-12-3-5-13(20)8-14(12)21/h3-8,10H,9H2,1-2H3,(H,22,24). The first-order valence-corrected chi connectivity index (χ1v) is 8.67. The zero-order chi connectivity index (χ0) is 19.4. The zero-order valence-corrected chi connectivity index (χ0v) is 16.1. The van der Waals surface area contributed by atoms with E-state index in [1.807, 2.05) is 0 Å². The van der Waals surface area contributed by atoms with E-state index in [4.69, 9.17) is 37.1 Å². The maximum Gasteiger partial charge on any atom is 0.274 e. The Morgan fingerprint density at radius 3 is 2.59 bits per heavy atom. The zero-order valence-electron chi connectivity index (χ0n) is 14.6. The molecule has 140 valence electrons. The molecule has 0 fully saturated rings. The summed E-state index contributed by atoms with van der Waals surface area (Å²) in [6.07, 6.45) is 1.22. The molecule has 2 aromatic carbocycles. The molecular formula is C19H16Cl2N2O4. The third-order valence-electron chi connectivity index (χ3n) is 3.88. The van der Waals surface area contributed by atoms with Crippen molar-refractivity contribution < 1.29 is 18.7 Å². The highest BCUT2D eigenvalue weighted by atomic mass is 35.5. The van der Waals surface area contributed by atoms with Crippen LogP contribution in [0.1, 0.15) is 16.1 Å². The molecule has 1 N–H and O–H groups in total. The number of hydrogen-bond donors (Lipinski definition) is 1. The van der Waals surface area contributed by atoms with Crippen LogP contribution in [0.5, 0.6) is 11.5 Å². The second-order valence-electron chi connectivity index (χ2n) is 5.52. The average molecular weight is 407 g/mol. The van der Waals surface area contributed by atoms with Crippen molar-refractivity contribution in [3.63, 3.8) is 0 Å². The molecule has 0 saturated carbocycles. The highest BCUT2D eigenvalue weighted by Crippen LogP contribution is 2.33. The van der Waals surface area contributed by atoms with E-state index >= 15 is 0 Å². The molecule has 0 aliphatic heterocycles. The van der Waals surface area contributed by atoms with Crippen molar-refractivity contribution in [3.8, 4) is 22.8 Å². The van der Waals surface area contributed by atoms with E-state index in [1.54, 1.807) is 43.5 Å². The fraction of sp³-hybridized carbons (Fsp3) is 0.158. The Morgan fingerprint density at radius 2 is 1.89 bits per heavy atom. The van der Waals surface area contributed by atoms with Crippen LogP contribution in [0.4, 0.5) is 0 Å². The van der Waals surface area contributed by atoms with Crippen molar-refractivity contribution in [3.05, 3.63) is 64.1 Å². The predicted octanol–water partition coefficient (Wildman–Crippen LogP) is 4.60. The van der Waals surface area contributed by atoms with E-state index in [1.165, 1.54) is 13.5 Å². The molecule has 27 heavy (non-hydrogen) atoms. The van der Waals surface area contributed by atoms with Gasteiger partial charge in [0.15, 0.2) is 29.3 Å². The largest absolute Gasteiger partial charge is 0.493 e. The maximum atomic E-state index is 12.6. The number of rotatable bonds is 6. The minimum Gasteiger partial charge on any atom is -0.493 e. The summed E-state index contributed by atoms with van der Waals surface area (Å²) in [6, 6.07) is 10.3. The van der Waals surface area contributed by atoms with Crippen LogP contribution in [-0.2, 0) is 6.54 Å². The van der Waals surface area contributed by atoms with E-state index < -0.39 is 0 Å². The molecule has 0 spiro atoms. The van der Waals surface area contributed by atoms with Crippen molar-refractivity contribution in [2.45, 2.75) is 6.54 Å². The number of nitrogens with zero attached hydrogens (tertiary/aromatic N) is 1. The topological polar surface area (TPSA) is 73.6 Å². The highest BCUT2D eigenvalue weighted by molar-refractivity contribution is 6.35. The first-order chi connectivity index (χ1) is 13.0. The lowest BCUT2D eigenvalue weighted by atomic mass is 10.1. The quantitative estimate of drug-likeness (QED) is 0.647. The Bertz CT molecular complexity index is 972. The molecule has 0 radical (unpaired) electrons. The summed E-state index contributed by atoms with van der Waals surface area (Å²) in [5.74, 6) is 1.03. The Kier molecular flexibility index (Phi) is 5.88. The summed E-state index contributed by atoms with van der Waals surface area (Å²) < 4.78 is 15.9. The third kappa shape index (κ3) is 4.18. The molecule has 0 saturated heterocycles. The number of oxazole rings is 1.